The van der Waals surface area contributed by atoms with Crippen LogP contribution in [0.5, 0.6) is 5.75 Å². The molecule has 4 aromatic rings. The first-order valence-corrected chi connectivity index (χ1v) is 8.66. The summed E-state index contributed by atoms with van der Waals surface area (Å²) >= 11 is 6.46. The molecule has 0 spiro atoms. The predicted molar refractivity (Wildman–Crippen MR) is 103 cm³/mol. The van der Waals surface area contributed by atoms with Crippen molar-refractivity contribution in [1.29, 1.82) is 0 Å². The van der Waals surface area contributed by atoms with Crippen LogP contribution in [0, 0.1) is 0 Å². The smallest absolute Gasteiger partial charge is 0.272 e. The third-order valence-electron chi connectivity index (χ3n) is 4.32. The fraction of sp³-hybridized carbons (Fsp3) is 0.0476. The van der Waals surface area contributed by atoms with Crippen LogP contribution in [0.4, 0.5) is 5.82 Å². The van der Waals surface area contributed by atoms with Crippen molar-refractivity contribution >= 4 is 28.3 Å². The average Bonchev–Trinajstić information content (AvgIpc) is 2.68. The van der Waals surface area contributed by atoms with Gasteiger partial charge >= 0.3 is 0 Å². The third kappa shape index (κ3) is 3.07. The highest BCUT2D eigenvalue weighted by molar-refractivity contribution is 6.31. The van der Waals surface area contributed by atoms with E-state index in [0.29, 0.717) is 16.1 Å². The van der Waals surface area contributed by atoms with Crippen molar-refractivity contribution in [2.75, 3.05) is 5.32 Å². The lowest BCUT2D eigenvalue weighted by Crippen LogP contribution is -2.19. The van der Waals surface area contributed by atoms with Crippen molar-refractivity contribution in [3.8, 4) is 5.75 Å². The van der Waals surface area contributed by atoms with Gasteiger partial charge in [-0.3, -0.25) is 10.3 Å². The summed E-state index contributed by atoms with van der Waals surface area (Å²) in [5.74, 6) is 0.967. The van der Waals surface area contributed by atoms with Gasteiger partial charge in [-0.25, -0.2) is 4.98 Å². The molecule has 26 heavy (non-hydrogen) atoms. The highest BCUT2D eigenvalue weighted by Gasteiger charge is 2.25. The molecule has 128 valence electrons. The SMILES string of the molecule is Oc1c([C@H](Nc2cccc[nH+]2)c2ccccc2Cl)ccc2cccnc12. The molecular weight excluding hydrogens is 346 g/mol. The molecule has 4 nitrogen and oxygen atoms in total. The first kappa shape index (κ1) is 16.4. The van der Waals surface area contributed by atoms with E-state index < -0.39 is 0 Å². The Bertz CT molecular complexity index is 1050. The van der Waals surface area contributed by atoms with Crippen molar-refractivity contribution < 1.29 is 10.1 Å². The molecule has 2 heterocycles. The van der Waals surface area contributed by atoms with Crippen molar-refractivity contribution in [3.63, 3.8) is 0 Å². The summed E-state index contributed by atoms with van der Waals surface area (Å²) in [6, 6.07) is 20.7. The van der Waals surface area contributed by atoms with Crippen LogP contribution in [-0.2, 0) is 0 Å². The van der Waals surface area contributed by atoms with Crippen molar-refractivity contribution in [3.05, 3.63) is 95.3 Å². The van der Waals surface area contributed by atoms with Gasteiger partial charge < -0.3 is 5.11 Å². The summed E-state index contributed by atoms with van der Waals surface area (Å²) in [5, 5.41) is 15.8. The lowest BCUT2D eigenvalue weighted by atomic mass is 9.96. The third-order valence-corrected chi connectivity index (χ3v) is 4.66. The van der Waals surface area contributed by atoms with E-state index in [2.05, 4.69) is 15.3 Å². The largest absolute Gasteiger partial charge is 0.505 e. The van der Waals surface area contributed by atoms with E-state index in [1.165, 1.54) is 0 Å². The number of pyridine rings is 2. The summed E-state index contributed by atoms with van der Waals surface area (Å²) in [4.78, 5) is 7.49. The minimum absolute atomic E-state index is 0.149. The standard InChI is InChI=1S/C21H16ClN3O/c22-17-8-2-1-7-15(17)20(25-18-9-3-4-12-23-18)16-11-10-14-6-5-13-24-19(14)21(16)26/h1-13,20,26H,(H,23,25)/p+1/t20-/m1/s1. The summed E-state index contributed by atoms with van der Waals surface area (Å²) in [6.45, 7) is 0. The Kier molecular flexibility index (Phi) is 4.42. The molecule has 0 aliphatic carbocycles. The van der Waals surface area contributed by atoms with Gasteiger partial charge in [0.2, 0.25) is 0 Å². The van der Waals surface area contributed by atoms with E-state index in [1.807, 2.05) is 72.9 Å². The van der Waals surface area contributed by atoms with E-state index in [0.717, 1.165) is 16.8 Å². The van der Waals surface area contributed by atoms with Gasteiger partial charge in [0, 0.05) is 33.8 Å². The number of hydrogen-bond acceptors (Lipinski definition) is 3. The molecule has 0 saturated heterocycles. The first-order valence-electron chi connectivity index (χ1n) is 8.28. The molecule has 0 saturated carbocycles. The highest BCUT2D eigenvalue weighted by Crippen LogP contribution is 2.38. The Labute approximate surface area is 156 Å². The number of phenolic OH excluding ortho intramolecular Hbond substituents is 1. The maximum Gasteiger partial charge on any atom is 0.272 e. The number of halogens is 1. The molecule has 2 aromatic heterocycles. The van der Waals surface area contributed by atoms with Gasteiger partial charge in [-0.1, -0.05) is 48.0 Å². The quantitative estimate of drug-likeness (QED) is 0.557. The van der Waals surface area contributed by atoms with Crippen LogP contribution in [0.2, 0.25) is 5.02 Å². The van der Waals surface area contributed by atoms with Crippen LogP contribution in [0.25, 0.3) is 10.9 Å². The maximum atomic E-state index is 10.9. The number of aromatic amines is 1. The topological polar surface area (TPSA) is 59.3 Å². The van der Waals surface area contributed by atoms with Gasteiger partial charge in [0.05, 0.1) is 6.20 Å². The van der Waals surface area contributed by atoms with Gasteiger partial charge in [0.15, 0.2) is 0 Å². The zero-order chi connectivity index (χ0) is 17.9. The Hall–Kier alpha value is -3.11. The minimum Gasteiger partial charge on any atom is -0.505 e. The maximum absolute atomic E-state index is 10.9. The molecule has 5 heteroatoms. The molecule has 1 atom stereocenters. The Balaban J connectivity index is 1.88. The normalized spacial score (nSPS) is 12.0. The van der Waals surface area contributed by atoms with Crippen LogP contribution in [0.1, 0.15) is 17.2 Å². The number of rotatable bonds is 4. The molecule has 0 fully saturated rings. The summed E-state index contributed by atoms with van der Waals surface area (Å²) in [7, 11) is 0. The number of fused-ring (bicyclic) bond motifs is 1. The lowest BCUT2D eigenvalue weighted by molar-refractivity contribution is -0.361. The number of phenols is 1. The number of benzene rings is 2. The van der Waals surface area contributed by atoms with Crippen molar-refractivity contribution in [2.24, 2.45) is 0 Å². The first-order chi connectivity index (χ1) is 12.7. The van der Waals surface area contributed by atoms with E-state index in [9.17, 15) is 5.11 Å². The van der Waals surface area contributed by atoms with Crippen LogP contribution in [-0.4, -0.2) is 10.1 Å². The molecule has 0 aliphatic heterocycles. The second kappa shape index (κ2) is 7.02. The Morgan fingerprint density at radius 1 is 0.923 bits per heavy atom. The van der Waals surface area contributed by atoms with E-state index >= 15 is 0 Å². The van der Waals surface area contributed by atoms with Crippen LogP contribution in [0.3, 0.4) is 0 Å². The number of nitrogens with one attached hydrogen (secondary N) is 2. The summed E-state index contributed by atoms with van der Waals surface area (Å²) < 4.78 is 0. The van der Waals surface area contributed by atoms with Crippen molar-refractivity contribution in [1.82, 2.24) is 4.98 Å². The highest BCUT2D eigenvalue weighted by atomic mass is 35.5. The molecule has 0 amide bonds. The molecular formula is C21H17ClN3O+. The van der Waals surface area contributed by atoms with Crippen LogP contribution < -0.4 is 10.3 Å². The van der Waals surface area contributed by atoms with E-state index in [4.69, 9.17) is 11.6 Å². The van der Waals surface area contributed by atoms with Crippen LogP contribution in [0.15, 0.2) is 79.1 Å². The van der Waals surface area contributed by atoms with Gasteiger partial charge in [-0.2, -0.15) is 0 Å². The summed E-state index contributed by atoms with van der Waals surface area (Å²) in [5.41, 5.74) is 2.15. The van der Waals surface area contributed by atoms with Gasteiger partial charge in [-0.15, -0.1) is 0 Å². The molecule has 0 unspecified atom stereocenters. The molecule has 3 N–H and O–H groups in total. The Morgan fingerprint density at radius 2 is 1.77 bits per heavy atom. The number of aromatic hydroxyl groups is 1. The second-order valence-corrected chi connectivity index (χ2v) is 6.36. The van der Waals surface area contributed by atoms with Crippen molar-refractivity contribution in [2.45, 2.75) is 6.04 Å². The van der Waals surface area contributed by atoms with Gasteiger partial charge in [0.25, 0.3) is 5.82 Å². The van der Waals surface area contributed by atoms with E-state index in [-0.39, 0.29) is 11.8 Å². The monoisotopic (exact) mass is 362 g/mol. The number of aromatic nitrogens is 2. The summed E-state index contributed by atoms with van der Waals surface area (Å²) in [6.07, 6.45) is 3.52. The fourth-order valence-corrected chi connectivity index (χ4v) is 3.29. The van der Waals surface area contributed by atoms with E-state index in [1.54, 1.807) is 6.20 Å². The average molecular weight is 363 g/mol. The zero-order valence-corrected chi connectivity index (χ0v) is 14.6. The molecule has 2 aromatic carbocycles. The molecule has 4 rings (SSSR count). The lowest BCUT2D eigenvalue weighted by Gasteiger charge is -2.18. The fourth-order valence-electron chi connectivity index (χ4n) is 3.05. The minimum atomic E-state index is -0.339. The van der Waals surface area contributed by atoms with Crippen LogP contribution >= 0.6 is 11.6 Å². The Morgan fingerprint density at radius 3 is 2.58 bits per heavy atom. The second-order valence-electron chi connectivity index (χ2n) is 5.95. The predicted octanol–water partition coefficient (Wildman–Crippen LogP) is 4.61. The zero-order valence-electron chi connectivity index (χ0n) is 13.9. The molecule has 0 radical (unpaired) electrons. The number of H-pyrrole nitrogens is 1. The number of anilines is 1. The molecule has 0 aliphatic rings. The van der Waals surface area contributed by atoms with Gasteiger partial charge in [-0.05, 0) is 24.3 Å². The molecule has 0 bridgehead atoms. The number of nitrogens with zero attached hydrogens (tertiary/aromatic N) is 1. The van der Waals surface area contributed by atoms with Gasteiger partial charge in [0.1, 0.15) is 17.3 Å². The number of hydrogen-bond donors (Lipinski definition) is 2.